The number of likely N-dealkylation sites (tertiary alicyclic amines) is 1. The third kappa shape index (κ3) is 6.94. The Bertz CT molecular complexity index is 974. The Labute approximate surface area is 211 Å². The zero-order chi connectivity index (χ0) is 25.0. The molecule has 8 heteroatoms. The van der Waals surface area contributed by atoms with Crippen molar-refractivity contribution in [3.8, 4) is 11.5 Å². The fourth-order valence-corrected chi connectivity index (χ4v) is 4.16. The van der Waals surface area contributed by atoms with Crippen molar-refractivity contribution in [1.82, 2.24) is 4.90 Å². The zero-order valence-electron chi connectivity index (χ0n) is 20.3. The van der Waals surface area contributed by atoms with Crippen molar-refractivity contribution in [3.63, 3.8) is 0 Å². The number of carbonyl (C=O) groups excluding carboxylic acids is 1. The maximum Gasteiger partial charge on any atom is 0.410 e. The molecule has 34 heavy (non-hydrogen) atoms. The van der Waals surface area contributed by atoms with E-state index >= 15 is 0 Å². The molecule has 2 aromatic rings. The van der Waals surface area contributed by atoms with Crippen LogP contribution in [0.3, 0.4) is 0 Å². The molecule has 1 aliphatic rings. The minimum atomic E-state index is -0.987. The first-order chi connectivity index (χ1) is 15.9. The molecular formula is C26H33Cl2NO5. The highest BCUT2D eigenvalue weighted by Crippen LogP contribution is 2.33. The number of amides is 1. The largest absolute Gasteiger partial charge is 0.489 e. The molecule has 3 unspecified atom stereocenters. The number of aliphatic hydroxyl groups excluding tert-OH is 1. The number of ether oxygens (including phenoxy) is 3. The van der Waals surface area contributed by atoms with E-state index in [1.165, 1.54) is 10.5 Å². The summed E-state index contributed by atoms with van der Waals surface area (Å²) >= 11 is 12.2. The number of hydrogen-bond donors (Lipinski definition) is 1. The van der Waals surface area contributed by atoms with E-state index in [0.717, 1.165) is 5.75 Å². The molecule has 0 bridgehead atoms. The molecule has 186 valence electrons. The average Bonchev–Trinajstić information content (AvgIpc) is 3.18. The van der Waals surface area contributed by atoms with Gasteiger partial charge in [0, 0.05) is 6.42 Å². The molecule has 1 aliphatic heterocycles. The van der Waals surface area contributed by atoms with Crippen LogP contribution in [0.4, 0.5) is 4.79 Å². The van der Waals surface area contributed by atoms with Crippen molar-refractivity contribution in [2.24, 2.45) is 0 Å². The van der Waals surface area contributed by atoms with Crippen molar-refractivity contribution in [3.05, 3.63) is 58.1 Å². The van der Waals surface area contributed by atoms with E-state index in [-0.39, 0.29) is 17.7 Å². The molecule has 1 amide bonds. The third-order valence-corrected chi connectivity index (χ3v) is 6.35. The fraction of sp³-hybridized carbons (Fsp3) is 0.500. The average molecular weight is 510 g/mol. The minimum absolute atomic E-state index is 0.0696. The highest BCUT2D eigenvalue weighted by atomic mass is 35.5. The fourth-order valence-electron chi connectivity index (χ4n) is 3.81. The maximum absolute atomic E-state index is 12.9. The van der Waals surface area contributed by atoms with Crippen LogP contribution in [0.15, 0.2) is 42.5 Å². The number of hydrogen-bond acceptors (Lipinski definition) is 5. The monoisotopic (exact) mass is 509 g/mol. The van der Waals surface area contributed by atoms with E-state index < -0.39 is 23.8 Å². The van der Waals surface area contributed by atoms with E-state index in [1.807, 2.05) is 24.3 Å². The summed E-state index contributed by atoms with van der Waals surface area (Å²) in [6.45, 7) is 9.91. The Hall–Kier alpha value is -2.15. The van der Waals surface area contributed by atoms with E-state index in [1.54, 1.807) is 39.0 Å². The lowest BCUT2D eigenvalue weighted by molar-refractivity contribution is -0.00368. The Kier molecular flexibility index (Phi) is 8.61. The summed E-state index contributed by atoms with van der Waals surface area (Å²) in [5.74, 6) is 1.51. The molecule has 0 saturated carbocycles. The molecule has 0 spiro atoms. The van der Waals surface area contributed by atoms with Crippen molar-refractivity contribution in [2.75, 3.05) is 13.2 Å². The molecular weight excluding hydrogens is 477 g/mol. The number of aliphatic hydroxyl groups is 1. The Morgan fingerprint density at radius 3 is 2.44 bits per heavy atom. The molecule has 2 aromatic carbocycles. The van der Waals surface area contributed by atoms with Gasteiger partial charge in [-0.15, -0.1) is 0 Å². The molecule has 6 nitrogen and oxygen atoms in total. The van der Waals surface area contributed by atoms with Crippen LogP contribution < -0.4 is 9.47 Å². The van der Waals surface area contributed by atoms with Crippen molar-refractivity contribution in [1.29, 1.82) is 0 Å². The second kappa shape index (κ2) is 11.1. The van der Waals surface area contributed by atoms with Gasteiger partial charge >= 0.3 is 6.09 Å². The molecule has 1 N–H and O–H groups in total. The minimum Gasteiger partial charge on any atom is -0.489 e. The third-order valence-electron chi connectivity index (χ3n) is 5.55. The van der Waals surface area contributed by atoms with Crippen LogP contribution in [-0.4, -0.2) is 53.1 Å². The number of nitrogens with zero attached hydrogens (tertiary/aromatic N) is 1. The summed E-state index contributed by atoms with van der Waals surface area (Å²) in [7, 11) is 0. The second-order valence-electron chi connectivity index (χ2n) is 9.83. The predicted octanol–water partition coefficient (Wildman–Crippen LogP) is 6.31. The van der Waals surface area contributed by atoms with Crippen LogP contribution in [-0.2, 0) is 4.74 Å². The van der Waals surface area contributed by atoms with E-state index in [9.17, 15) is 9.90 Å². The zero-order valence-corrected chi connectivity index (χ0v) is 21.8. The van der Waals surface area contributed by atoms with Crippen molar-refractivity contribution >= 4 is 29.3 Å². The van der Waals surface area contributed by atoms with Crippen LogP contribution in [0.2, 0.25) is 10.0 Å². The summed E-state index contributed by atoms with van der Waals surface area (Å²) in [5.41, 5.74) is 0.558. The van der Waals surface area contributed by atoms with Gasteiger partial charge in [-0.3, -0.25) is 4.90 Å². The second-order valence-corrected chi connectivity index (χ2v) is 10.6. The summed E-state index contributed by atoms with van der Waals surface area (Å²) in [6, 6.07) is 12.4. The van der Waals surface area contributed by atoms with Crippen LogP contribution in [0, 0.1) is 0 Å². The van der Waals surface area contributed by atoms with Gasteiger partial charge in [-0.05, 0) is 56.5 Å². The molecule has 1 saturated heterocycles. The Balaban J connectivity index is 1.71. The van der Waals surface area contributed by atoms with E-state index in [2.05, 4.69) is 13.8 Å². The van der Waals surface area contributed by atoms with Crippen molar-refractivity contribution in [2.45, 2.75) is 70.8 Å². The van der Waals surface area contributed by atoms with E-state index in [0.29, 0.717) is 29.7 Å². The topological polar surface area (TPSA) is 68.2 Å². The Morgan fingerprint density at radius 2 is 1.82 bits per heavy atom. The van der Waals surface area contributed by atoms with Gasteiger partial charge in [-0.1, -0.05) is 55.2 Å². The van der Waals surface area contributed by atoms with Gasteiger partial charge in [0.1, 0.15) is 40.9 Å². The molecule has 1 heterocycles. The van der Waals surface area contributed by atoms with E-state index in [4.69, 9.17) is 37.4 Å². The summed E-state index contributed by atoms with van der Waals surface area (Å²) in [4.78, 5) is 14.4. The first kappa shape index (κ1) is 26.5. The van der Waals surface area contributed by atoms with Gasteiger partial charge in [0.05, 0.1) is 17.6 Å². The van der Waals surface area contributed by atoms with Crippen molar-refractivity contribution < 1.29 is 24.1 Å². The number of rotatable bonds is 7. The molecule has 3 rings (SSSR count). The first-order valence-electron chi connectivity index (χ1n) is 11.5. The Morgan fingerprint density at radius 1 is 1.15 bits per heavy atom. The highest BCUT2D eigenvalue weighted by molar-refractivity contribution is 6.42. The molecule has 0 aromatic heterocycles. The molecule has 0 radical (unpaired) electrons. The van der Waals surface area contributed by atoms with Crippen LogP contribution in [0.1, 0.15) is 52.5 Å². The van der Waals surface area contributed by atoms with Crippen LogP contribution in [0.25, 0.3) is 0 Å². The predicted molar refractivity (Wildman–Crippen MR) is 134 cm³/mol. The van der Waals surface area contributed by atoms with Crippen LogP contribution >= 0.6 is 23.2 Å². The lowest BCUT2D eigenvalue weighted by atomic mass is 10.0. The number of benzene rings is 2. The number of carbonyl (C=O) groups is 1. The molecule has 0 aliphatic carbocycles. The van der Waals surface area contributed by atoms with Gasteiger partial charge in [0.15, 0.2) is 0 Å². The normalized spacial score (nSPS) is 19.3. The molecule has 1 fully saturated rings. The first-order valence-corrected chi connectivity index (χ1v) is 12.2. The summed E-state index contributed by atoms with van der Waals surface area (Å²) < 4.78 is 17.5. The highest BCUT2D eigenvalue weighted by Gasteiger charge is 2.42. The van der Waals surface area contributed by atoms with Gasteiger partial charge in [-0.25, -0.2) is 4.79 Å². The smallest absolute Gasteiger partial charge is 0.410 e. The SMILES string of the molecule is CC(C)c1ccc(OC2CC(C(O)COc3cccc(Cl)c3Cl)N(C(=O)OC(C)(C)C)C2)cc1. The van der Waals surface area contributed by atoms with Gasteiger partial charge < -0.3 is 19.3 Å². The maximum atomic E-state index is 12.9. The van der Waals surface area contributed by atoms with Gasteiger partial charge in [-0.2, -0.15) is 0 Å². The lowest BCUT2D eigenvalue weighted by Crippen LogP contribution is -2.47. The summed E-state index contributed by atoms with van der Waals surface area (Å²) in [6.07, 6.45) is -1.36. The van der Waals surface area contributed by atoms with Gasteiger partial charge in [0.25, 0.3) is 0 Å². The van der Waals surface area contributed by atoms with Crippen LogP contribution in [0.5, 0.6) is 11.5 Å². The van der Waals surface area contributed by atoms with Gasteiger partial charge in [0.2, 0.25) is 0 Å². The number of halogens is 2. The summed E-state index contributed by atoms with van der Waals surface area (Å²) in [5, 5.41) is 11.6. The lowest BCUT2D eigenvalue weighted by Gasteiger charge is -2.30. The molecule has 3 atom stereocenters. The standard InChI is InChI=1S/C26H33Cl2NO5/c1-16(2)17-9-11-18(12-10-17)33-19-13-21(29(14-19)25(31)34-26(3,4)5)22(30)15-32-23-8-6-7-20(27)24(23)28/h6-12,16,19,21-22,30H,13-15H2,1-5H3. The quantitative estimate of drug-likeness (QED) is 0.473.